The Bertz CT molecular complexity index is 291. The first-order valence-corrected chi connectivity index (χ1v) is 6.70. The average Bonchev–Trinajstić information content (AvgIpc) is 2.99. The van der Waals surface area contributed by atoms with Crippen LogP contribution in [-0.4, -0.2) is 25.8 Å². The van der Waals surface area contributed by atoms with Crippen LogP contribution in [0, 0.1) is 5.92 Å². The highest BCUT2D eigenvalue weighted by Crippen LogP contribution is 2.20. The van der Waals surface area contributed by atoms with Crippen molar-refractivity contribution < 1.29 is 9.15 Å². The molecule has 0 bridgehead atoms. The molecule has 1 aromatic heterocycles. The van der Waals surface area contributed by atoms with Gasteiger partial charge in [0.2, 0.25) is 0 Å². The molecule has 1 aromatic rings. The Balaban J connectivity index is 1.83. The lowest BCUT2D eigenvalue weighted by atomic mass is 9.95. The highest BCUT2D eigenvalue weighted by Gasteiger charge is 2.20. The molecule has 96 valence electrons. The van der Waals surface area contributed by atoms with Gasteiger partial charge in [0.25, 0.3) is 0 Å². The van der Waals surface area contributed by atoms with Crippen LogP contribution in [0.2, 0.25) is 0 Å². The zero-order chi connectivity index (χ0) is 11.9. The normalized spacial score (nSPS) is 21.8. The minimum Gasteiger partial charge on any atom is -0.472 e. The number of ether oxygens (including phenoxy) is 1. The molecule has 2 rings (SSSR count). The van der Waals surface area contributed by atoms with Crippen molar-refractivity contribution in [2.75, 3.05) is 19.8 Å². The van der Waals surface area contributed by atoms with E-state index in [2.05, 4.69) is 18.3 Å². The van der Waals surface area contributed by atoms with Crippen molar-refractivity contribution in [3.05, 3.63) is 24.2 Å². The Hall–Kier alpha value is -0.800. The van der Waals surface area contributed by atoms with Crippen molar-refractivity contribution in [3.8, 4) is 0 Å². The predicted molar refractivity (Wildman–Crippen MR) is 68.0 cm³/mol. The Labute approximate surface area is 104 Å². The fourth-order valence-electron chi connectivity index (χ4n) is 2.45. The minimum atomic E-state index is 0.555. The summed E-state index contributed by atoms with van der Waals surface area (Å²) in [5, 5.41) is 3.64. The maximum atomic E-state index is 5.45. The molecule has 17 heavy (non-hydrogen) atoms. The fraction of sp³-hybridized carbons (Fsp3) is 0.714. The summed E-state index contributed by atoms with van der Waals surface area (Å²) in [7, 11) is 0. The van der Waals surface area contributed by atoms with Gasteiger partial charge in [-0.05, 0) is 49.8 Å². The minimum absolute atomic E-state index is 0.555. The average molecular weight is 237 g/mol. The van der Waals surface area contributed by atoms with Gasteiger partial charge in [0.15, 0.2) is 0 Å². The first-order chi connectivity index (χ1) is 8.38. The summed E-state index contributed by atoms with van der Waals surface area (Å²) in [6.07, 6.45) is 8.29. The van der Waals surface area contributed by atoms with E-state index in [1.807, 2.05) is 6.26 Å². The first-order valence-electron chi connectivity index (χ1n) is 6.70. The van der Waals surface area contributed by atoms with E-state index in [4.69, 9.17) is 9.15 Å². The summed E-state index contributed by atoms with van der Waals surface area (Å²) in [4.78, 5) is 0. The van der Waals surface area contributed by atoms with Gasteiger partial charge < -0.3 is 14.5 Å². The second-order valence-electron chi connectivity index (χ2n) is 4.95. The predicted octanol–water partition coefficient (Wildman–Crippen LogP) is 2.62. The van der Waals surface area contributed by atoms with Gasteiger partial charge in [-0.1, -0.05) is 6.92 Å². The van der Waals surface area contributed by atoms with Gasteiger partial charge in [0.05, 0.1) is 12.5 Å². The van der Waals surface area contributed by atoms with E-state index in [0.717, 1.165) is 32.1 Å². The standard InChI is InChI=1S/C14H23NO2/c1-2-5-15-14(8-12-3-6-16-10-12)9-13-4-7-17-11-13/h3,6,10,13-15H,2,4-5,7-9,11H2,1H3. The van der Waals surface area contributed by atoms with Crippen LogP contribution < -0.4 is 5.32 Å². The van der Waals surface area contributed by atoms with E-state index in [0.29, 0.717) is 6.04 Å². The molecular weight excluding hydrogens is 214 g/mol. The van der Waals surface area contributed by atoms with Crippen molar-refractivity contribution in [3.63, 3.8) is 0 Å². The third-order valence-corrected chi connectivity index (χ3v) is 3.39. The monoisotopic (exact) mass is 237 g/mol. The van der Waals surface area contributed by atoms with Crippen LogP contribution >= 0.6 is 0 Å². The van der Waals surface area contributed by atoms with E-state index >= 15 is 0 Å². The molecule has 0 spiro atoms. The van der Waals surface area contributed by atoms with Gasteiger partial charge in [-0.25, -0.2) is 0 Å². The SMILES string of the molecule is CCCNC(Cc1ccoc1)CC1CCOC1. The number of furan rings is 1. The second kappa shape index (κ2) is 6.82. The molecule has 1 fully saturated rings. The third kappa shape index (κ3) is 4.17. The summed E-state index contributed by atoms with van der Waals surface area (Å²) in [6, 6.07) is 2.62. The van der Waals surface area contributed by atoms with Gasteiger partial charge in [0.1, 0.15) is 0 Å². The molecule has 2 heterocycles. The summed E-state index contributed by atoms with van der Waals surface area (Å²) >= 11 is 0. The van der Waals surface area contributed by atoms with Crippen LogP contribution in [0.4, 0.5) is 0 Å². The molecule has 2 unspecified atom stereocenters. The lowest BCUT2D eigenvalue weighted by Gasteiger charge is -2.20. The van der Waals surface area contributed by atoms with Crippen LogP contribution in [0.1, 0.15) is 31.7 Å². The number of nitrogens with one attached hydrogen (secondary N) is 1. The molecule has 1 N–H and O–H groups in total. The zero-order valence-corrected chi connectivity index (χ0v) is 10.7. The molecule has 0 amide bonds. The number of hydrogen-bond acceptors (Lipinski definition) is 3. The quantitative estimate of drug-likeness (QED) is 0.791. The molecule has 3 heteroatoms. The van der Waals surface area contributed by atoms with Gasteiger partial charge >= 0.3 is 0 Å². The lowest BCUT2D eigenvalue weighted by Crippen LogP contribution is -2.33. The van der Waals surface area contributed by atoms with Crippen molar-refractivity contribution in [1.82, 2.24) is 5.32 Å². The maximum Gasteiger partial charge on any atom is 0.0935 e. The maximum absolute atomic E-state index is 5.45. The largest absolute Gasteiger partial charge is 0.472 e. The van der Waals surface area contributed by atoms with Gasteiger partial charge in [-0.15, -0.1) is 0 Å². The Morgan fingerprint density at radius 1 is 1.53 bits per heavy atom. The van der Waals surface area contributed by atoms with E-state index < -0.39 is 0 Å². The molecule has 1 saturated heterocycles. The van der Waals surface area contributed by atoms with Crippen molar-refractivity contribution in [2.24, 2.45) is 5.92 Å². The number of hydrogen-bond donors (Lipinski definition) is 1. The van der Waals surface area contributed by atoms with E-state index in [-0.39, 0.29) is 0 Å². The molecule has 0 radical (unpaired) electrons. The topological polar surface area (TPSA) is 34.4 Å². The molecular formula is C14H23NO2. The van der Waals surface area contributed by atoms with Crippen LogP contribution in [0.3, 0.4) is 0 Å². The summed E-state index contributed by atoms with van der Waals surface area (Å²) in [5.74, 6) is 0.733. The van der Waals surface area contributed by atoms with Gasteiger partial charge in [-0.2, -0.15) is 0 Å². The lowest BCUT2D eigenvalue weighted by molar-refractivity contribution is 0.181. The molecule has 3 nitrogen and oxygen atoms in total. The highest BCUT2D eigenvalue weighted by molar-refractivity contribution is 5.07. The van der Waals surface area contributed by atoms with Crippen LogP contribution in [-0.2, 0) is 11.2 Å². The highest BCUT2D eigenvalue weighted by atomic mass is 16.5. The van der Waals surface area contributed by atoms with Crippen molar-refractivity contribution in [2.45, 2.75) is 38.6 Å². The zero-order valence-electron chi connectivity index (χ0n) is 10.7. The van der Waals surface area contributed by atoms with Crippen LogP contribution in [0.25, 0.3) is 0 Å². The Kier molecular flexibility index (Phi) is 5.08. The molecule has 0 aromatic carbocycles. The molecule has 1 aliphatic heterocycles. The summed E-state index contributed by atoms with van der Waals surface area (Å²) in [6.45, 7) is 5.18. The Morgan fingerprint density at radius 3 is 3.12 bits per heavy atom. The van der Waals surface area contributed by atoms with E-state index in [1.165, 1.54) is 24.8 Å². The van der Waals surface area contributed by atoms with Crippen molar-refractivity contribution >= 4 is 0 Å². The number of rotatable bonds is 7. The second-order valence-corrected chi connectivity index (χ2v) is 4.95. The van der Waals surface area contributed by atoms with E-state index in [1.54, 1.807) is 6.26 Å². The molecule has 0 saturated carbocycles. The van der Waals surface area contributed by atoms with Gasteiger partial charge in [0, 0.05) is 19.3 Å². The third-order valence-electron chi connectivity index (χ3n) is 3.39. The van der Waals surface area contributed by atoms with E-state index in [9.17, 15) is 0 Å². The van der Waals surface area contributed by atoms with Gasteiger partial charge in [-0.3, -0.25) is 0 Å². The summed E-state index contributed by atoms with van der Waals surface area (Å²) < 4.78 is 10.6. The Morgan fingerprint density at radius 2 is 2.47 bits per heavy atom. The molecule has 1 aliphatic rings. The fourth-order valence-corrected chi connectivity index (χ4v) is 2.45. The molecule has 0 aliphatic carbocycles. The van der Waals surface area contributed by atoms with Crippen molar-refractivity contribution in [1.29, 1.82) is 0 Å². The first kappa shape index (κ1) is 12.7. The van der Waals surface area contributed by atoms with Crippen LogP contribution in [0.15, 0.2) is 23.0 Å². The van der Waals surface area contributed by atoms with Crippen LogP contribution in [0.5, 0.6) is 0 Å². The smallest absolute Gasteiger partial charge is 0.0935 e. The summed E-state index contributed by atoms with van der Waals surface area (Å²) in [5.41, 5.74) is 1.29. The molecule has 2 atom stereocenters.